The molecule has 0 saturated heterocycles. The smallest absolute Gasteiger partial charge is 0.264 e. The number of anilines is 3. The molecule has 0 radical (unpaired) electrons. The maximum Gasteiger partial charge on any atom is 0.264 e. The van der Waals surface area contributed by atoms with Crippen LogP contribution in [0.25, 0.3) is 0 Å². The highest BCUT2D eigenvalue weighted by molar-refractivity contribution is 7.93. The largest absolute Gasteiger partial charge is 0.325 e. The third-order valence-electron chi connectivity index (χ3n) is 5.56. The Kier molecular flexibility index (Phi) is 8.24. The standard InChI is InChI=1S/C27H23ClFN3O5S2/c1-19-6-14-24(15-7-19)39(36,37)32(26-5-3-2-4-25(26)29)18-27(33)30-21-12-16-23(17-13-21)38(34,35)31-22-10-8-20(28)9-11-22/h2-17,31H,18H2,1H3,(H,30,33). The minimum Gasteiger partial charge on any atom is -0.325 e. The van der Waals surface area contributed by atoms with Crippen molar-refractivity contribution in [3.8, 4) is 0 Å². The number of carbonyl (C=O) groups is 1. The molecule has 0 atom stereocenters. The number of benzene rings is 4. The minimum atomic E-state index is -4.30. The molecule has 0 spiro atoms. The first-order chi connectivity index (χ1) is 18.5. The molecule has 0 bridgehead atoms. The normalized spacial score (nSPS) is 11.6. The van der Waals surface area contributed by atoms with E-state index in [4.69, 9.17) is 11.6 Å². The molecule has 2 N–H and O–H groups in total. The van der Waals surface area contributed by atoms with Crippen molar-refractivity contribution in [1.82, 2.24) is 0 Å². The fraction of sp³-hybridized carbons (Fsp3) is 0.0741. The van der Waals surface area contributed by atoms with Gasteiger partial charge in [-0.15, -0.1) is 0 Å². The molecule has 0 aliphatic carbocycles. The van der Waals surface area contributed by atoms with Crippen LogP contribution in [0.2, 0.25) is 5.02 Å². The Balaban J connectivity index is 1.53. The minimum absolute atomic E-state index is 0.0645. The van der Waals surface area contributed by atoms with Crippen molar-refractivity contribution in [2.75, 3.05) is 20.9 Å². The van der Waals surface area contributed by atoms with Gasteiger partial charge in [0.1, 0.15) is 12.4 Å². The fourth-order valence-electron chi connectivity index (χ4n) is 3.57. The summed E-state index contributed by atoms with van der Waals surface area (Å²) in [7, 11) is -8.22. The van der Waals surface area contributed by atoms with Gasteiger partial charge in [0.05, 0.1) is 15.5 Å². The van der Waals surface area contributed by atoms with Crippen molar-refractivity contribution in [3.05, 3.63) is 113 Å². The van der Waals surface area contributed by atoms with Gasteiger partial charge in [-0.1, -0.05) is 41.4 Å². The van der Waals surface area contributed by atoms with Crippen LogP contribution >= 0.6 is 11.6 Å². The summed E-state index contributed by atoms with van der Waals surface area (Å²) < 4.78 is 69.9. The number of rotatable bonds is 9. The van der Waals surface area contributed by atoms with E-state index in [1.807, 2.05) is 0 Å². The molecule has 4 rings (SSSR count). The zero-order valence-corrected chi connectivity index (χ0v) is 22.9. The highest BCUT2D eigenvalue weighted by Gasteiger charge is 2.29. The highest BCUT2D eigenvalue weighted by Crippen LogP contribution is 2.27. The van der Waals surface area contributed by atoms with Crippen LogP contribution in [0.3, 0.4) is 0 Å². The van der Waals surface area contributed by atoms with Gasteiger partial charge in [-0.3, -0.25) is 13.8 Å². The second-order valence-electron chi connectivity index (χ2n) is 8.46. The van der Waals surface area contributed by atoms with E-state index < -0.39 is 38.3 Å². The van der Waals surface area contributed by atoms with Crippen molar-refractivity contribution in [3.63, 3.8) is 0 Å². The molecule has 0 fully saturated rings. The average molecular weight is 588 g/mol. The molecule has 0 heterocycles. The van der Waals surface area contributed by atoms with Crippen LogP contribution in [-0.4, -0.2) is 29.3 Å². The Bertz CT molecular complexity index is 1700. The lowest BCUT2D eigenvalue weighted by Crippen LogP contribution is -2.38. The van der Waals surface area contributed by atoms with Gasteiger partial charge in [-0.05, 0) is 79.7 Å². The van der Waals surface area contributed by atoms with Crippen LogP contribution in [0.15, 0.2) is 107 Å². The van der Waals surface area contributed by atoms with Crippen LogP contribution in [-0.2, 0) is 24.8 Å². The molecule has 0 unspecified atom stereocenters. The van der Waals surface area contributed by atoms with Crippen LogP contribution in [0.5, 0.6) is 0 Å². The second-order valence-corrected chi connectivity index (χ2v) is 12.4. The maximum absolute atomic E-state index is 14.7. The van der Waals surface area contributed by atoms with Crippen molar-refractivity contribution < 1.29 is 26.0 Å². The van der Waals surface area contributed by atoms with E-state index in [9.17, 15) is 26.0 Å². The number of nitrogens with zero attached hydrogens (tertiary/aromatic N) is 1. The molecule has 0 aliphatic heterocycles. The van der Waals surface area contributed by atoms with Crippen LogP contribution in [0.4, 0.5) is 21.5 Å². The van der Waals surface area contributed by atoms with Gasteiger partial charge < -0.3 is 5.32 Å². The van der Waals surface area contributed by atoms with Crippen molar-refractivity contribution in [2.45, 2.75) is 16.7 Å². The number of nitrogens with one attached hydrogen (secondary N) is 2. The first kappa shape index (κ1) is 28.1. The molecule has 12 heteroatoms. The number of para-hydroxylation sites is 1. The summed E-state index contributed by atoms with van der Waals surface area (Å²) in [6.45, 7) is 1.07. The van der Waals surface area contributed by atoms with Crippen molar-refractivity contribution >= 4 is 54.6 Å². The molecule has 4 aromatic carbocycles. The summed E-state index contributed by atoms with van der Waals surface area (Å²) >= 11 is 5.83. The lowest BCUT2D eigenvalue weighted by molar-refractivity contribution is -0.114. The number of amides is 1. The summed E-state index contributed by atoms with van der Waals surface area (Å²) in [5.41, 5.74) is 1.08. The van der Waals surface area contributed by atoms with E-state index in [-0.39, 0.29) is 21.2 Å². The zero-order chi connectivity index (χ0) is 28.2. The first-order valence-corrected chi connectivity index (χ1v) is 14.8. The van der Waals surface area contributed by atoms with Gasteiger partial charge in [0.25, 0.3) is 20.0 Å². The Labute approximate surface area is 231 Å². The summed E-state index contributed by atoms with van der Waals surface area (Å²) in [5.74, 6) is -1.58. The predicted molar refractivity (Wildman–Crippen MR) is 149 cm³/mol. The Morgan fingerprint density at radius 2 is 1.36 bits per heavy atom. The average Bonchev–Trinajstić information content (AvgIpc) is 2.89. The van der Waals surface area contributed by atoms with Gasteiger partial charge in [-0.25, -0.2) is 21.2 Å². The second kappa shape index (κ2) is 11.4. The third kappa shape index (κ3) is 6.75. The summed E-state index contributed by atoms with van der Waals surface area (Å²) in [4.78, 5) is 12.7. The van der Waals surface area contributed by atoms with Crippen LogP contribution < -0.4 is 14.3 Å². The van der Waals surface area contributed by atoms with Gasteiger partial charge in [-0.2, -0.15) is 0 Å². The summed E-state index contributed by atoms with van der Waals surface area (Å²) in [5, 5.41) is 2.99. The Morgan fingerprint density at radius 3 is 1.97 bits per heavy atom. The predicted octanol–water partition coefficient (Wildman–Crippen LogP) is 5.42. The van der Waals surface area contributed by atoms with Gasteiger partial charge >= 0.3 is 0 Å². The molecule has 202 valence electrons. The monoisotopic (exact) mass is 587 g/mol. The SMILES string of the molecule is Cc1ccc(S(=O)(=O)N(CC(=O)Nc2ccc(S(=O)(=O)Nc3ccc(Cl)cc3)cc2)c2ccccc2F)cc1. The number of halogens is 2. The van der Waals surface area contributed by atoms with Crippen LogP contribution in [0, 0.1) is 12.7 Å². The lowest BCUT2D eigenvalue weighted by atomic mass is 10.2. The number of hydrogen-bond acceptors (Lipinski definition) is 5. The molecular formula is C27H23ClFN3O5S2. The van der Waals surface area contributed by atoms with Crippen LogP contribution in [0.1, 0.15) is 5.56 Å². The van der Waals surface area contributed by atoms with Crippen molar-refractivity contribution in [1.29, 1.82) is 0 Å². The Hall–Kier alpha value is -3.93. The Morgan fingerprint density at radius 1 is 0.795 bits per heavy atom. The van der Waals surface area contributed by atoms with E-state index in [2.05, 4.69) is 10.0 Å². The summed E-state index contributed by atoms with van der Waals surface area (Å²) in [6.07, 6.45) is 0. The van der Waals surface area contributed by atoms with E-state index in [1.165, 1.54) is 66.7 Å². The number of sulfonamides is 2. The highest BCUT2D eigenvalue weighted by atomic mass is 35.5. The maximum atomic E-state index is 14.7. The van der Waals surface area contributed by atoms with Gasteiger partial charge in [0.2, 0.25) is 5.91 Å². The van der Waals surface area contributed by atoms with Gasteiger partial charge in [0, 0.05) is 16.4 Å². The topological polar surface area (TPSA) is 113 Å². The first-order valence-electron chi connectivity index (χ1n) is 11.5. The number of hydrogen-bond donors (Lipinski definition) is 2. The lowest BCUT2D eigenvalue weighted by Gasteiger charge is -2.24. The van der Waals surface area contributed by atoms with E-state index >= 15 is 0 Å². The molecule has 4 aromatic rings. The molecule has 8 nitrogen and oxygen atoms in total. The summed E-state index contributed by atoms with van der Waals surface area (Å²) in [6, 6.07) is 22.6. The van der Waals surface area contributed by atoms with E-state index in [0.29, 0.717) is 15.0 Å². The van der Waals surface area contributed by atoms with E-state index in [0.717, 1.165) is 11.6 Å². The quantitative estimate of drug-likeness (QED) is 0.271. The molecule has 0 aromatic heterocycles. The zero-order valence-electron chi connectivity index (χ0n) is 20.5. The molecule has 0 aliphatic rings. The van der Waals surface area contributed by atoms with E-state index in [1.54, 1.807) is 31.2 Å². The molecular weight excluding hydrogens is 565 g/mol. The third-order valence-corrected chi connectivity index (χ3v) is 8.99. The van der Waals surface area contributed by atoms with Gasteiger partial charge in [0.15, 0.2) is 0 Å². The number of aryl methyl sites for hydroxylation is 1. The number of carbonyl (C=O) groups excluding carboxylic acids is 1. The van der Waals surface area contributed by atoms with Crippen molar-refractivity contribution in [2.24, 2.45) is 0 Å². The molecule has 0 saturated carbocycles. The molecule has 39 heavy (non-hydrogen) atoms. The molecule has 1 amide bonds. The fourth-order valence-corrected chi connectivity index (χ4v) is 6.18.